The van der Waals surface area contributed by atoms with Crippen LogP contribution in [0.2, 0.25) is 0 Å². The summed E-state index contributed by atoms with van der Waals surface area (Å²) in [7, 11) is -3.43. The minimum Gasteiger partial charge on any atom is -0.334 e. The van der Waals surface area contributed by atoms with Crippen molar-refractivity contribution in [2.24, 2.45) is 0 Å². The highest BCUT2D eigenvalue weighted by molar-refractivity contribution is 7.88. The number of hydrogen-bond acceptors (Lipinski definition) is 5. The molecule has 9 heteroatoms. The Morgan fingerprint density at radius 1 is 1.22 bits per heavy atom. The van der Waals surface area contributed by atoms with E-state index in [1.54, 1.807) is 23.2 Å². The highest BCUT2D eigenvalue weighted by atomic mass is 32.2. The topological polar surface area (TPSA) is 99.3 Å². The summed E-state index contributed by atoms with van der Waals surface area (Å²) in [5.41, 5.74) is 1.83. The lowest BCUT2D eigenvalue weighted by atomic mass is 10.1. The van der Waals surface area contributed by atoms with Gasteiger partial charge in [-0.1, -0.05) is 24.3 Å². The van der Waals surface area contributed by atoms with Crippen molar-refractivity contribution < 1.29 is 13.2 Å². The Bertz CT molecular complexity index is 1070. The molecule has 0 atom stereocenters. The van der Waals surface area contributed by atoms with Crippen molar-refractivity contribution in [3.63, 3.8) is 0 Å². The lowest BCUT2D eigenvalue weighted by Gasteiger charge is -2.43. The van der Waals surface area contributed by atoms with Crippen molar-refractivity contribution in [1.82, 2.24) is 24.4 Å². The molecule has 27 heavy (non-hydrogen) atoms. The Morgan fingerprint density at radius 3 is 2.67 bits per heavy atom. The Kier molecular flexibility index (Phi) is 4.40. The summed E-state index contributed by atoms with van der Waals surface area (Å²) in [6, 6.07) is 12.5. The van der Waals surface area contributed by atoms with Crippen LogP contribution in [-0.4, -0.2) is 64.1 Å². The molecule has 0 aliphatic carbocycles. The van der Waals surface area contributed by atoms with Crippen LogP contribution < -0.4 is 0 Å². The van der Waals surface area contributed by atoms with E-state index < -0.39 is 10.0 Å². The van der Waals surface area contributed by atoms with Gasteiger partial charge in [-0.3, -0.25) is 14.9 Å². The maximum atomic E-state index is 12.7. The molecule has 1 aliphatic heterocycles. The van der Waals surface area contributed by atoms with Crippen molar-refractivity contribution in [3.05, 3.63) is 60.0 Å². The van der Waals surface area contributed by atoms with E-state index in [0.717, 1.165) is 10.9 Å². The Hall–Kier alpha value is -2.78. The first kappa shape index (κ1) is 17.6. The van der Waals surface area contributed by atoms with Gasteiger partial charge < -0.3 is 4.90 Å². The number of nitrogens with one attached hydrogen (secondary N) is 1. The number of H-pyrrole nitrogens is 1. The number of para-hydroxylation sites is 1. The van der Waals surface area contributed by atoms with Crippen molar-refractivity contribution in [2.75, 3.05) is 19.3 Å². The molecule has 1 amide bonds. The SMILES string of the molecule is CS(=O)(=O)N(Cc1ccccn1)C1CN(C(=O)c2n[nH]c3ccccc23)C1. The third kappa shape index (κ3) is 3.43. The fourth-order valence-corrected chi connectivity index (χ4v) is 4.29. The Labute approximate surface area is 156 Å². The second-order valence-corrected chi connectivity index (χ2v) is 8.55. The molecule has 3 heterocycles. The lowest BCUT2D eigenvalue weighted by Crippen LogP contribution is -2.61. The van der Waals surface area contributed by atoms with E-state index in [-0.39, 0.29) is 18.5 Å². The zero-order valence-corrected chi connectivity index (χ0v) is 15.6. The number of benzene rings is 1. The second-order valence-electron chi connectivity index (χ2n) is 6.61. The van der Waals surface area contributed by atoms with Crippen LogP contribution in [-0.2, 0) is 16.6 Å². The number of carbonyl (C=O) groups is 1. The van der Waals surface area contributed by atoms with E-state index >= 15 is 0 Å². The summed E-state index contributed by atoms with van der Waals surface area (Å²) in [4.78, 5) is 18.6. The molecule has 0 bridgehead atoms. The molecule has 0 spiro atoms. The number of likely N-dealkylation sites (tertiary alicyclic amines) is 1. The number of hydrogen-bond donors (Lipinski definition) is 1. The van der Waals surface area contributed by atoms with Gasteiger partial charge >= 0.3 is 0 Å². The van der Waals surface area contributed by atoms with Crippen LogP contribution in [0, 0.1) is 0 Å². The van der Waals surface area contributed by atoms with Crippen LogP contribution in [0.4, 0.5) is 0 Å². The minimum absolute atomic E-state index is 0.192. The van der Waals surface area contributed by atoms with Crippen molar-refractivity contribution >= 4 is 26.8 Å². The van der Waals surface area contributed by atoms with Crippen LogP contribution >= 0.6 is 0 Å². The standard InChI is InChI=1S/C18H19N5O3S/c1-27(25,26)23(10-13-6-4-5-9-19-13)14-11-22(12-14)18(24)17-15-7-2-3-8-16(15)20-21-17/h2-9,14H,10-12H2,1H3,(H,20,21). The zero-order chi connectivity index (χ0) is 19.0. The van der Waals surface area contributed by atoms with E-state index in [4.69, 9.17) is 0 Å². The van der Waals surface area contributed by atoms with Gasteiger partial charge in [0.25, 0.3) is 5.91 Å². The predicted octanol–water partition coefficient (Wildman–Crippen LogP) is 1.24. The van der Waals surface area contributed by atoms with Gasteiger partial charge in [0.2, 0.25) is 10.0 Å². The number of rotatable bonds is 5. The molecule has 0 radical (unpaired) electrons. The van der Waals surface area contributed by atoms with Crippen LogP contribution in [0.1, 0.15) is 16.2 Å². The molecule has 1 fully saturated rings. The molecular weight excluding hydrogens is 366 g/mol. The first-order valence-electron chi connectivity index (χ1n) is 8.52. The molecule has 4 rings (SSSR count). The maximum Gasteiger partial charge on any atom is 0.275 e. The summed E-state index contributed by atoms with van der Waals surface area (Å²) < 4.78 is 25.9. The van der Waals surface area contributed by atoms with E-state index in [1.807, 2.05) is 30.3 Å². The first-order valence-corrected chi connectivity index (χ1v) is 10.4. The van der Waals surface area contributed by atoms with E-state index in [0.29, 0.717) is 24.5 Å². The first-order chi connectivity index (χ1) is 12.9. The molecular formula is C18H19N5O3S. The van der Waals surface area contributed by atoms with Gasteiger partial charge in [0.1, 0.15) is 0 Å². The summed E-state index contributed by atoms with van der Waals surface area (Å²) >= 11 is 0. The van der Waals surface area contributed by atoms with Crippen LogP contribution in [0.25, 0.3) is 10.9 Å². The number of amides is 1. The summed E-state index contributed by atoms with van der Waals surface area (Å²) in [5.74, 6) is -0.199. The van der Waals surface area contributed by atoms with Crippen LogP contribution in [0.15, 0.2) is 48.7 Å². The van der Waals surface area contributed by atoms with Gasteiger partial charge in [-0.15, -0.1) is 0 Å². The largest absolute Gasteiger partial charge is 0.334 e. The van der Waals surface area contributed by atoms with Crippen molar-refractivity contribution in [1.29, 1.82) is 0 Å². The molecule has 3 aromatic rings. The summed E-state index contributed by atoms with van der Waals surface area (Å²) in [6.07, 6.45) is 2.82. The molecule has 140 valence electrons. The number of carbonyl (C=O) groups excluding carboxylic acids is 1. The fraction of sp³-hybridized carbons (Fsp3) is 0.278. The van der Waals surface area contributed by atoms with Gasteiger partial charge in [-0.25, -0.2) is 8.42 Å². The Morgan fingerprint density at radius 2 is 1.96 bits per heavy atom. The third-order valence-corrected chi connectivity index (χ3v) is 5.98. The number of aromatic nitrogens is 3. The fourth-order valence-electron chi connectivity index (χ4n) is 3.25. The number of nitrogens with zero attached hydrogens (tertiary/aromatic N) is 4. The van der Waals surface area contributed by atoms with Crippen LogP contribution in [0.3, 0.4) is 0 Å². The number of fused-ring (bicyclic) bond motifs is 1. The normalized spacial score (nSPS) is 15.3. The zero-order valence-electron chi connectivity index (χ0n) is 14.7. The van der Waals surface area contributed by atoms with Gasteiger partial charge in [0.05, 0.1) is 30.1 Å². The molecule has 1 saturated heterocycles. The predicted molar refractivity (Wildman–Crippen MR) is 100 cm³/mol. The average molecular weight is 385 g/mol. The van der Waals surface area contributed by atoms with E-state index in [2.05, 4.69) is 15.2 Å². The number of pyridine rings is 1. The quantitative estimate of drug-likeness (QED) is 0.712. The van der Waals surface area contributed by atoms with Gasteiger partial charge in [0.15, 0.2) is 5.69 Å². The van der Waals surface area contributed by atoms with Gasteiger partial charge in [-0.05, 0) is 18.2 Å². The van der Waals surface area contributed by atoms with Crippen LogP contribution in [0.5, 0.6) is 0 Å². The lowest BCUT2D eigenvalue weighted by molar-refractivity contribution is 0.0438. The summed E-state index contributed by atoms with van der Waals surface area (Å²) in [5, 5.41) is 7.74. The Balaban J connectivity index is 1.49. The van der Waals surface area contributed by atoms with Crippen molar-refractivity contribution in [3.8, 4) is 0 Å². The maximum absolute atomic E-state index is 12.7. The van der Waals surface area contributed by atoms with Gasteiger partial charge in [0, 0.05) is 24.7 Å². The molecule has 0 unspecified atom stereocenters. The van der Waals surface area contributed by atoms with Gasteiger partial charge in [-0.2, -0.15) is 9.40 Å². The third-order valence-electron chi connectivity index (χ3n) is 4.70. The van der Waals surface area contributed by atoms with E-state index in [9.17, 15) is 13.2 Å². The highest BCUT2D eigenvalue weighted by Crippen LogP contribution is 2.24. The molecule has 1 aliphatic rings. The number of aromatic amines is 1. The highest BCUT2D eigenvalue weighted by Gasteiger charge is 2.40. The monoisotopic (exact) mass is 385 g/mol. The molecule has 1 aromatic carbocycles. The minimum atomic E-state index is -3.43. The smallest absolute Gasteiger partial charge is 0.275 e. The van der Waals surface area contributed by atoms with E-state index in [1.165, 1.54) is 10.6 Å². The number of sulfonamides is 1. The molecule has 1 N–H and O–H groups in total. The summed E-state index contributed by atoms with van der Waals surface area (Å²) in [6.45, 7) is 0.859. The molecule has 8 nitrogen and oxygen atoms in total. The second kappa shape index (κ2) is 6.75. The van der Waals surface area contributed by atoms with Crippen molar-refractivity contribution in [2.45, 2.75) is 12.6 Å². The average Bonchev–Trinajstić information content (AvgIpc) is 3.03. The molecule has 2 aromatic heterocycles. The molecule has 0 saturated carbocycles.